The number of ether oxygens (including phenoxy) is 1. The Kier molecular flexibility index (Phi) is 7.23. The zero-order chi connectivity index (χ0) is 22.7. The number of amides is 1. The van der Waals surface area contributed by atoms with Crippen LogP contribution in [0.1, 0.15) is 55.8 Å². The molecule has 174 valence electrons. The lowest BCUT2D eigenvalue weighted by molar-refractivity contribution is 0.0533. The van der Waals surface area contributed by atoms with Crippen LogP contribution in [-0.4, -0.2) is 55.4 Å². The summed E-state index contributed by atoms with van der Waals surface area (Å²) >= 11 is 0. The van der Waals surface area contributed by atoms with Crippen molar-refractivity contribution in [1.29, 1.82) is 0 Å². The highest BCUT2D eigenvalue weighted by atomic mass is 19.1. The number of nitrogens with two attached hydrogens (primary N) is 1. The summed E-state index contributed by atoms with van der Waals surface area (Å²) in [5.74, 6) is -0.0987. The number of benzene rings is 1. The Morgan fingerprint density at radius 1 is 1.25 bits per heavy atom. The highest BCUT2D eigenvalue weighted by molar-refractivity contribution is 6.02. The highest BCUT2D eigenvalue weighted by Gasteiger charge is 2.33. The van der Waals surface area contributed by atoms with Crippen LogP contribution in [0.3, 0.4) is 0 Å². The van der Waals surface area contributed by atoms with E-state index in [1.54, 1.807) is 26.2 Å². The second-order valence-corrected chi connectivity index (χ2v) is 9.08. The maximum absolute atomic E-state index is 13.9. The van der Waals surface area contributed by atoms with Crippen LogP contribution in [0.25, 0.3) is 10.9 Å². The van der Waals surface area contributed by atoms with E-state index < -0.39 is 6.17 Å². The summed E-state index contributed by atoms with van der Waals surface area (Å²) in [7, 11) is 1.73. The first kappa shape index (κ1) is 22.9. The Morgan fingerprint density at radius 3 is 2.75 bits per heavy atom. The molecule has 2 fully saturated rings. The highest BCUT2D eigenvalue weighted by Crippen LogP contribution is 2.28. The molecule has 3 atom stereocenters. The van der Waals surface area contributed by atoms with E-state index in [9.17, 15) is 9.18 Å². The van der Waals surface area contributed by atoms with Gasteiger partial charge in [-0.2, -0.15) is 0 Å². The number of nitrogens with zero attached hydrogens (tertiary/aromatic N) is 2. The Hall–Kier alpha value is -2.29. The number of anilines is 1. The molecule has 0 spiro atoms. The van der Waals surface area contributed by atoms with Crippen LogP contribution in [0.4, 0.5) is 10.2 Å². The zero-order valence-electron chi connectivity index (χ0n) is 18.9. The third-order valence-corrected chi connectivity index (χ3v) is 6.58. The van der Waals surface area contributed by atoms with Gasteiger partial charge in [0, 0.05) is 43.7 Å². The molecule has 1 aromatic carbocycles. The summed E-state index contributed by atoms with van der Waals surface area (Å²) in [5.41, 5.74) is 6.76. The van der Waals surface area contributed by atoms with Crippen LogP contribution in [0.15, 0.2) is 24.3 Å². The maximum Gasteiger partial charge on any atom is 0.256 e. The molecule has 1 aromatic heterocycles. The second kappa shape index (κ2) is 10.1. The molecule has 8 heteroatoms. The van der Waals surface area contributed by atoms with Crippen LogP contribution >= 0.6 is 0 Å². The number of carbonyl (C=O) groups is 1. The monoisotopic (exact) mass is 443 g/mol. The maximum atomic E-state index is 13.9. The van der Waals surface area contributed by atoms with E-state index in [-0.39, 0.29) is 23.9 Å². The van der Waals surface area contributed by atoms with Crippen LogP contribution < -0.4 is 21.3 Å². The zero-order valence-corrected chi connectivity index (χ0v) is 18.9. The SMILES string of the molecule is COC1CN(c2nc3cc(F)ccc3cc2C(=O)NC(C)N)CCC1NC1CCCCC1. The summed E-state index contributed by atoms with van der Waals surface area (Å²) in [6.45, 7) is 3.05. The van der Waals surface area contributed by atoms with Gasteiger partial charge in [0.05, 0.1) is 23.3 Å². The number of fused-ring (bicyclic) bond motifs is 1. The number of nitrogens with one attached hydrogen (secondary N) is 2. The molecule has 1 aliphatic carbocycles. The molecule has 2 aliphatic rings. The molecular weight excluding hydrogens is 409 g/mol. The molecule has 2 heterocycles. The van der Waals surface area contributed by atoms with E-state index in [0.717, 1.165) is 13.0 Å². The molecule has 7 nitrogen and oxygen atoms in total. The largest absolute Gasteiger partial charge is 0.378 e. The van der Waals surface area contributed by atoms with Gasteiger partial charge in [-0.3, -0.25) is 4.79 Å². The summed E-state index contributed by atoms with van der Waals surface area (Å²) in [6.07, 6.45) is 6.69. The van der Waals surface area contributed by atoms with Gasteiger partial charge in [0.25, 0.3) is 5.91 Å². The van der Waals surface area contributed by atoms with Gasteiger partial charge in [0.1, 0.15) is 11.6 Å². The molecule has 32 heavy (non-hydrogen) atoms. The molecule has 1 saturated heterocycles. The average Bonchev–Trinajstić information content (AvgIpc) is 2.78. The van der Waals surface area contributed by atoms with Crippen molar-refractivity contribution >= 4 is 22.6 Å². The van der Waals surface area contributed by atoms with Crippen molar-refractivity contribution < 1.29 is 13.9 Å². The fraction of sp³-hybridized carbons (Fsp3) is 0.583. The van der Waals surface area contributed by atoms with Gasteiger partial charge < -0.3 is 26.0 Å². The van der Waals surface area contributed by atoms with E-state index in [1.165, 1.54) is 44.2 Å². The van der Waals surface area contributed by atoms with E-state index >= 15 is 0 Å². The number of hydrogen-bond donors (Lipinski definition) is 3. The van der Waals surface area contributed by atoms with Gasteiger partial charge in [-0.1, -0.05) is 19.3 Å². The van der Waals surface area contributed by atoms with Crippen molar-refractivity contribution in [3.8, 4) is 0 Å². The Bertz CT molecular complexity index is 947. The van der Waals surface area contributed by atoms with E-state index in [0.29, 0.717) is 34.9 Å². The Morgan fingerprint density at radius 2 is 2.03 bits per heavy atom. The molecule has 1 saturated carbocycles. The van der Waals surface area contributed by atoms with Crippen molar-refractivity contribution in [3.05, 3.63) is 35.6 Å². The number of rotatable bonds is 6. The van der Waals surface area contributed by atoms with Crippen molar-refractivity contribution in [1.82, 2.24) is 15.6 Å². The number of aromatic nitrogens is 1. The van der Waals surface area contributed by atoms with Crippen LogP contribution in [-0.2, 0) is 4.74 Å². The third-order valence-electron chi connectivity index (χ3n) is 6.58. The topological polar surface area (TPSA) is 92.5 Å². The summed E-state index contributed by atoms with van der Waals surface area (Å²) in [4.78, 5) is 19.7. The number of piperidine rings is 1. The predicted molar refractivity (Wildman–Crippen MR) is 124 cm³/mol. The fourth-order valence-electron chi connectivity index (χ4n) is 4.93. The van der Waals surface area contributed by atoms with Crippen molar-refractivity contribution in [2.75, 3.05) is 25.1 Å². The number of carbonyl (C=O) groups excluding carboxylic acids is 1. The van der Waals surface area contributed by atoms with Crippen LogP contribution in [0.5, 0.6) is 0 Å². The number of halogens is 1. The summed E-state index contributed by atoms with van der Waals surface area (Å²) in [5, 5.41) is 7.28. The van der Waals surface area contributed by atoms with Gasteiger partial charge in [0.2, 0.25) is 0 Å². The summed E-state index contributed by atoms with van der Waals surface area (Å²) in [6, 6.07) is 6.99. The van der Waals surface area contributed by atoms with Crippen LogP contribution in [0.2, 0.25) is 0 Å². The lowest BCUT2D eigenvalue weighted by Gasteiger charge is -2.41. The first-order valence-electron chi connectivity index (χ1n) is 11.6. The molecule has 4 N–H and O–H groups in total. The molecule has 1 amide bonds. The number of hydrogen-bond acceptors (Lipinski definition) is 6. The Labute approximate surface area is 188 Å². The normalized spacial score (nSPS) is 23.3. The van der Waals surface area contributed by atoms with E-state index in [4.69, 9.17) is 15.5 Å². The molecule has 1 aliphatic heterocycles. The van der Waals surface area contributed by atoms with E-state index in [2.05, 4.69) is 15.5 Å². The first-order chi connectivity index (χ1) is 15.4. The van der Waals surface area contributed by atoms with E-state index in [1.807, 2.05) is 0 Å². The van der Waals surface area contributed by atoms with Crippen molar-refractivity contribution in [2.24, 2.45) is 5.73 Å². The minimum absolute atomic E-state index is 0.0278. The minimum Gasteiger partial charge on any atom is -0.378 e. The standard InChI is InChI=1S/C24H34FN5O2/c1-15(26)27-24(31)19-12-16-8-9-17(25)13-21(16)29-23(19)30-11-10-20(22(14-30)32-2)28-18-6-4-3-5-7-18/h8-9,12-13,15,18,20,22,28H,3-7,10-11,14,26H2,1-2H3,(H,27,31). The fourth-order valence-corrected chi connectivity index (χ4v) is 4.93. The summed E-state index contributed by atoms with van der Waals surface area (Å²) < 4.78 is 19.7. The van der Waals surface area contributed by atoms with Gasteiger partial charge in [-0.05, 0) is 44.4 Å². The molecule has 0 radical (unpaired) electrons. The lowest BCUT2D eigenvalue weighted by Crippen LogP contribution is -2.56. The van der Waals surface area contributed by atoms with Gasteiger partial charge in [-0.15, -0.1) is 0 Å². The van der Waals surface area contributed by atoms with Gasteiger partial charge in [-0.25, -0.2) is 9.37 Å². The van der Waals surface area contributed by atoms with Gasteiger partial charge >= 0.3 is 0 Å². The van der Waals surface area contributed by atoms with Gasteiger partial charge in [0.15, 0.2) is 0 Å². The van der Waals surface area contributed by atoms with Crippen LogP contribution in [0, 0.1) is 5.82 Å². The van der Waals surface area contributed by atoms with Crippen molar-refractivity contribution in [2.45, 2.75) is 69.8 Å². The molecule has 2 aromatic rings. The molecule has 3 unspecified atom stereocenters. The predicted octanol–water partition coefficient (Wildman–Crippen LogP) is 2.92. The smallest absolute Gasteiger partial charge is 0.256 e. The van der Waals surface area contributed by atoms with Crippen molar-refractivity contribution in [3.63, 3.8) is 0 Å². The average molecular weight is 444 g/mol. The molecule has 0 bridgehead atoms. The molecular formula is C24H34FN5O2. The quantitative estimate of drug-likeness (QED) is 0.595. The second-order valence-electron chi connectivity index (χ2n) is 9.08. The third kappa shape index (κ3) is 5.19. The number of pyridine rings is 1. The first-order valence-corrected chi connectivity index (χ1v) is 11.6. The minimum atomic E-state index is -0.489. The molecule has 4 rings (SSSR count). The lowest BCUT2D eigenvalue weighted by atomic mass is 9.92. The number of methoxy groups -OCH3 is 1. The Balaban J connectivity index is 1.60.